The van der Waals surface area contributed by atoms with Gasteiger partial charge in [0.25, 0.3) is 0 Å². The molecule has 0 amide bonds. The highest BCUT2D eigenvalue weighted by Crippen LogP contribution is 2.18. The van der Waals surface area contributed by atoms with Crippen LogP contribution in [0.4, 0.5) is 0 Å². The van der Waals surface area contributed by atoms with Gasteiger partial charge in [0.15, 0.2) is 0 Å². The van der Waals surface area contributed by atoms with Gasteiger partial charge in [-0.2, -0.15) is 0 Å². The van der Waals surface area contributed by atoms with E-state index in [0.29, 0.717) is 19.8 Å². The van der Waals surface area contributed by atoms with Crippen molar-refractivity contribution in [2.24, 2.45) is 5.73 Å². The third kappa shape index (κ3) is 3.56. The first-order chi connectivity index (χ1) is 9.61. The highest BCUT2D eigenvalue weighted by molar-refractivity contribution is 5.76. The maximum Gasteiger partial charge on any atom is 0.124 e. The summed E-state index contributed by atoms with van der Waals surface area (Å²) in [6.07, 6.45) is 0. The molecule has 0 aliphatic heterocycles. The number of fused-ring (bicyclic) bond motifs is 1. The summed E-state index contributed by atoms with van der Waals surface area (Å²) < 4.78 is 7.74. The van der Waals surface area contributed by atoms with Crippen LogP contribution in [0.5, 0.6) is 0 Å². The van der Waals surface area contributed by atoms with E-state index in [9.17, 15) is 0 Å². The fourth-order valence-corrected chi connectivity index (χ4v) is 2.28. The van der Waals surface area contributed by atoms with Crippen molar-refractivity contribution >= 4 is 11.0 Å². The predicted octanol–water partition coefficient (Wildman–Crippen LogP) is 1.38. The van der Waals surface area contributed by atoms with Crippen LogP contribution in [0.3, 0.4) is 0 Å². The highest BCUT2D eigenvalue weighted by Gasteiger charge is 2.11. The van der Waals surface area contributed by atoms with E-state index in [1.54, 1.807) is 0 Å². The predicted molar refractivity (Wildman–Crippen MR) is 81.7 cm³/mol. The van der Waals surface area contributed by atoms with Crippen LogP contribution in [0.25, 0.3) is 11.0 Å². The van der Waals surface area contributed by atoms with E-state index >= 15 is 0 Å². The quantitative estimate of drug-likeness (QED) is 0.776. The van der Waals surface area contributed by atoms with Gasteiger partial charge < -0.3 is 19.9 Å². The number of hydrogen-bond acceptors (Lipinski definition) is 4. The molecule has 0 fully saturated rings. The van der Waals surface area contributed by atoms with Crippen LogP contribution in [0.15, 0.2) is 18.2 Å². The Kier molecular flexibility index (Phi) is 5.11. The number of nitrogens with two attached hydrogens (primary N) is 1. The molecule has 0 spiro atoms. The van der Waals surface area contributed by atoms with Gasteiger partial charge in [-0.15, -0.1) is 0 Å². The maximum atomic E-state index is 5.50. The first-order valence-corrected chi connectivity index (χ1v) is 7.00. The van der Waals surface area contributed by atoms with Gasteiger partial charge in [-0.3, -0.25) is 0 Å². The Morgan fingerprint density at radius 2 is 2.10 bits per heavy atom. The molecule has 20 heavy (non-hydrogen) atoms. The van der Waals surface area contributed by atoms with Gasteiger partial charge in [-0.05, 0) is 38.7 Å². The van der Waals surface area contributed by atoms with Crippen LogP contribution in [0, 0.1) is 6.92 Å². The Morgan fingerprint density at radius 1 is 1.30 bits per heavy atom. The van der Waals surface area contributed by atoms with E-state index in [-0.39, 0.29) is 0 Å². The second-order valence-electron chi connectivity index (χ2n) is 5.31. The lowest BCUT2D eigenvalue weighted by atomic mass is 10.2. The maximum absolute atomic E-state index is 5.50. The van der Waals surface area contributed by atoms with Crippen LogP contribution >= 0.6 is 0 Å². The van der Waals surface area contributed by atoms with Crippen LogP contribution in [-0.4, -0.2) is 48.3 Å². The number of ether oxygens (including phenoxy) is 1. The molecule has 110 valence electrons. The topological polar surface area (TPSA) is 56.3 Å². The van der Waals surface area contributed by atoms with Crippen molar-refractivity contribution in [1.82, 2.24) is 14.5 Å². The van der Waals surface area contributed by atoms with Gasteiger partial charge in [0.2, 0.25) is 0 Å². The molecular formula is C15H24N4O. The molecule has 1 aromatic carbocycles. The van der Waals surface area contributed by atoms with Crippen LogP contribution in [0.2, 0.25) is 0 Å². The molecule has 2 aromatic rings. The molecule has 1 heterocycles. The minimum absolute atomic E-state index is 0.564. The number of aromatic nitrogens is 2. The number of benzene rings is 1. The van der Waals surface area contributed by atoms with Crippen LogP contribution in [0.1, 0.15) is 11.4 Å². The molecule has 0 radical (unpaired) electrons. The number of hydrogen-bond donors (Lipinski definition) is 1. The number of aryl methyl sites for hydroxylation is 1. The lowest BCUT2D eigenvalue weighted by molar-refractivity contribution is 0.133. The molecule has 0 bridgehead atoms. The smallest absolute Gasteiger partial charge is 0.124 e. The van der Waals surface area contributed by atoms with Gasteiger partial charge in [-0.25, -0.2) is 4.98 Å². The van der Waals surface area contributed by atoms with Crippen LogP contribution in [-0.2, 0) is 17.8 Å². The van der Waals surface area contributed by atoms with Crippen molar-refractivity contribution in [2.75, 3.05) is 33.9 Å². The van der Waals surface area contributed by atoms with Crippen molar-refractivity contribution in [2.45, 2.75) is 20.0 Å². The average Bonchev–Trinajstić information content (AvgIpc) is 2.70. The fraction of sp³-hybridized carbons (Fsp3) is 0.533. The van der Waals surface area contributed by atoms with Crippen LogP contribution < -0.4 is 5.73 Å². The molecule has 0 atom stereocenters. The minimum Gasteiger partial charge on any atom is -0.378 e. The van der Waals surface area contributed by atoms with E-state index in [0.717, 1.165) is 24.4 Å². The lowest BCUT2D eigenvalue weighted by Gasteiger charge is -2.13. The second-order valence-corrected chi connectivity index (χ2v) is 5.31. The van der Waals surface area contributed by atoms with Crippen molar-refractivity contribution < 1.29 is 4.74 Å². The first-order valence-electron chi connectivity index (χ1n) is 7.00. The summed E-state index contributed by atoms with van der Waals surface area (Å²) in [5, 5.41) is 0. The van der Waals surface area contributed by atoms with E-state index in [1.807, 2.05) is 0 Å². The summed E-state index contributed by atoms with van der Waals surface area (Å²) >= 11 is 0. The SMILES string of the molecule is Cc1ccc2c(c1)nc(CN(C)C)n2CCOCCN. The summed E-state index contributed by atoms with van der Waals surface area (Å²) in [5.74, 6) is 1.08. The summed E-state index contributed by atoms with van der Waals surface area (Å²) in [7, 11) is 4.11. The average molecular weight is 276 g/mol. The Bertz CT molecular complexity index is 562. The van der Waals surface area contributed by atoms with E-state index in [4.69, 9.17) is 15.5 Å². The standard InChI is InChI=1S/C15H24N4O/c1-12-4-5-14-13(10-12)17-15(11-18(2)3)19(14)7-9-20-8-6-16/h4-5,10H,6-9,11,16H2,1-3H3. The third-order valence-electron chi connectivity index (χ3n) is 3.16. The summed E-state index contributed by atoms with van der Waals surface area (Å²) in [5.41, 5.74) is 8.90. The van der Waals surface area contributed by atoms with E-state index in [2.05, 4.69) is 48.7 Å². The van der Waals surface area contributed by atoms with Crippen molar-refractivity contribution in [3.05, 3.63) is 29.6 Å². The molecule has 0 saturated carbocycles. The summed E-state index contributed by atoms with van der Waals surface area (Å²) in [6, 6.07) is 6.40. The molecule has 0 aliphatic rings. The first kappa shape index (κ1) is 15.0. The third-order valence-corrected chi connectivity index (χ3v) is 3.16. The molecule has 2 N–H and O–H groups in total. The van der Waals surface area contributed by atoms with Gasteiger partial charge >= 0.3 is 0 Å². The van der Waals surface area contributed by atoms with Crippen molar-refractivity contribution in [3.63, 3.8) is 0 Å². The molecule has 0 unspecified atom stereocenters. The van der Waals surface area contributed by atoms with E-state index in [1.165, 1.54) is 11.1 Å². The normalized spacial score (nSPS) is 11.7. The molecule has 5 nitrogen and oxygen atoms in total. The van der Waals surface area contributed by atoms with Gasteiger partial charge in [0, 0.05) is 13.1 Å². The molecule has 5 heteroatoms. The van der Waals surface area contributed by atoms with Gasteiger partial charge in [0.1, 0.15) is 5.82 Å². The largest absolute Gasteiger partial charge is 0.378 e. The monoisotopic (exact) mass is 276 g/mol. The van der Waals surface area contributed by atoms with E-state index < -0.39 is 0 Å². The molecule has 1 aromatic heterocycles. The van der Waals surface area contributed by atoms with Crippen molar-refractivity contribution in [1.29, 1.82) is 0 Å². The zero-order valence-electron chi connectivity index (χ0n) is 12.6. The molecule has 0 saturated heterocycles. The Balaban J connectivity index is 2.26. The number of imidazole rings is 1. The minimum atomic E-state index is 0.564. The molecule has 0 aliphatic carbocycles. The second kappa shape index (κ2) is 6.83. The Morgan fingerprint density at radius 3 is 2.80 bits per heavy atom. The number of nitrogens with zero attached hydrogens (tertiary/aromatic N) is 3. The lowest BCUT2D eigenvalue weighted by Crippen LogP contribution is -2.18. The number of rotatable bonds is 7. The summed E-state index contributed by atoms with van der Waals surface area (Å²) in [6.45, 7) is 5.56. The van der Waals surface area contributed by atoms with Gasteiger partial charge in [-0.1, -0.05) is 6.07 Å². The zero-order valence-corrected chi connectivity index (χ0v) is 12.6. The zero-order chi connectivity index (χ0) is 14.5. The molecular weight excluding hydrogens is 252 g/mol. The summed E-state index contributed by atoms with van der Waals surface area (Å²) in [4.78, 5) is 6.88. The Labute approximate surface area is 120 Å². The fourth-order valence-electron chi connectivity index (χ4n) is 2.28. The van der Waals surface area contributed by atoms with Gasteiger partial charge in [0.05, 0.1) is 30.8 Å². The Hall–Kier alpha value is -1.43. The highest BCUT2D eigenvalue weighted by atomic mass is 16.5. The molecule has 2 rings (SSSR count). The van der Waals surface area contributed by atoms with Crippen molar-refractivity contribution in [3.8, 4) is 0 Å².